The van der Waals surface area contributed by atoms with Gasteiger partial charge in [-0.1, -0.05) is 0 Å². The lowest BCUT2D eigenvalue weighted by atomic mass is 9.99. The Morgan fingerprint density at radius 3 is 2.73 bits per heavy atom. The molecule has 1 saturated heterocycles. The summed E-state index contributed by atoms with van der Waals surface area (Å²) in [5.41, 5.74) is 5.60. The average Bonchev–Trinajstić information content (AvgIpc) is 2.26. The quantitative estimate of drug-likeness (QED) is 0.576. The van der Waals surface area contributed by atoms with E-state index in [1.54, 1.807) is 6.92 Å². The van der Waals surface area contributed by atoms with Gasteiger partial charge >= 0.3 is 0 Å². The fraction of sp³-hybridized carbons (Fsp3) is 0.900. The molecule has 0 radical (unpaired) electrons. The van der Waals surface area contributed by atoms with Gasteiger partial charge in [0.05, 0.1) is 6.10 Å². The minimum Gasteiger partial charge on any atom is -0.392 e. The fourth-order valence-electron chi connectivity index (χ4n) is 1.49. The number of amides is 1. The lowest BCUT2D eigenvalue weighted by Gasteiger charge is -2.22. The Balaban J connectivity index is 2.22. The summed E-state index contributed by atoms with van der Waals surface area (Å²) in [5.74, 6) is 0.0642. The van der Waals surface area contributed by atoms with Gasteiger partial charge in [0.2, 0.25) is 5.91 Å². The van der Waals surface area contributed by atoms with E-state index >= 15 is 0 Å². The zero-order valence-corrected chi connectivity index (χ0v) is 9.11. The van der Waals surface area contributed by atoms with E-state index in [1.165, 1.54) is 0 Å². The number of nitrogens with two attached hydrogens (primary N) is 1. The molecule has 0 aromatic heterocycles. The van der Waals surface area contributed by atoms with Gasteiger partial charge in [-0.25, -0.2) is 0 Å². The molecule has 0 aromatic rings. The zero-order chi connectivity index (χ0) is 11.3. The van der Waals surface area contributed by atoms with Crippen molar-refractivity contribution in [3.05, 3.63) is 0 Å². The van der Waals surface area contributed by atoms with Gasteiger partial charge in [0.15, 0.2) is 0 Å². The van der Waals surface area contributed by atoms with Crippen LogP contribution in [-0.4, -0.2) is 42.9 Å². The topological polar surface area (TPSA) is 84.6 Å². The largest absolute Gasteiger partial charge is 0.392 e. The number of ether oxygens (including phenoxy) is 1. The van der Waals surface area contributed by atoms with Crippen molar-refractivity contribution < 1.29 is 14.6 Å². The molecule has 0 bridgehead atoms. The van der Waals surface area contributed by atoms with Gasteiger partial charge in [-0.3, -0.25) is 4.79 Å². The number of carbonyl (C=O) groups is 1. The minimum atomic E-state index is -0.597. The first-order valence-corrected chi connectivity index (χ1v) is 5.40. The van der Waals surface area contributed by atoms with Crippen LogP contribution < -0.4 is 11.1 Å². The second kappa shape index (κ2) is 6.05. The van der Waals surface area contributed by atoms with Gasteiger partial charge in [0, 0.05) is 31.7 Å². The second-order valence-electron chi connectivity index (χ2n) is 4.04. The number of carbonyl (C=O) groups excluding carboxylic acids is 1. The fourth-order valence-corrected chi connectivity index (χ4v) is 1.49. The van der Waals surface area contributed by atoms with Gasteiger partial charge in [-0.2, -0.15) is 0 Å². The van der Waals surface area contributed by atoms with E-state index in [-0.39, 0.29) is 11.8 Å². The molecule has 15 heavy (non-hydrogen) atoms. The highest BCUT2D eigenvalue weighted by Crippen LogP contribution is 2.14. The molecule has 1 aliphatic heterocycles. The SMILES string of the molecule is CC(O)C(N)CNC(=O)C1CCOCC1. The summed E-state index contributed by atoms with van der Waals surface area (Å²) in [6, 6.07) is -0.395. The summed E-state index contributed by atoms with van der Waals surface area (Å²) in [6.07, 6.45) is 0.950. The molecule has 2 atom stereocenters. The van der Waals surface area contributed by atoms with Crippen molar-refractivity contribution in [2.45, 2.75) is 31.9 Å². The maximum Gasteiger partial charge on any atom is 0.223 e. The number of aliphatic hydroxyl groups excluding tert-OH is 1. The molecule has 0 aliphatic carbocycles. The molecule has 5 heteroatoms. The normalized spacial score (nSPS) is 22.1. The molecule has 88 valence electrons. The summed E-state index contributed by atoms with van der Waals surface area (Å²) in [6.45, 7) is 3.25. The van der Waals surface area contributed by atoms with Crippen molar-refractivity contribution in [3.63, 3.8) is 0 Å². The van der Waals surface area contributed by atoms with Crippen LogP contribution in [0.4, 0.5) is 0 Å². The maximum absolute atomic E-state index is 11.6. The molecule has 0 saturated carbocycles. The Labute approximate surface area is 90.0 Å². The van der Waals surface area contributed by atoms with E-state index in [9.17, 15) is 4.79 Å². The molecule has 0 spiro atoms. The Morgan fingerprint density at radius 2 is 2.20 bits per heavy atom. The monoisotopic (exact) mass is 216 g/mol. The zero-order valence-electron chi connectivity index (χ0n) is 9.11. The van der Waals surface area contributed by atoms with Crippen LogP contribution >= 0.6 is 0 Å². The molecule has 5 nitrogen and oxygen atoms in total. The number of nitrogens with one attached hydrogen (secondary N) is 1. The molecule has 1 rings (SSSR count). The van der Waals surface area contributed by atoms with Crippen LogP contribution in [0, 0.1) is 5.92 Å². The third-order valence-corrected chi connectivity index (χ3v) is 2.72. The van der Waals surface area contributed by atoms with E-state index < -0.39 is 12.1 Å². The molecule has 1 aliphatic rings. The molecule has 4 N–H and O–H groups in total. The summed E-state index contributed by atoms with van der Waals surface area (Å²) in [5, 5.41) is 11.9. The van der Waals surface area contributed by atoms with E-state index in [2.05, 4.69) is 5.32 Å². The Bertz CT molecular complexity index is 203. The Kier molecular flexibility index (Phi) is 5.01. The summed E-state index contributed by atoms with van der Waals surface area (Å²) in [4.78, 5) is 11.6. The minimum absolute atomic E-state index is 0.0226. The van der Waals surface area contributed by atoms with Gasteiger partial charge in [-0.15, -0.1) is 0 Å². The summed E-state index contributed by atoms with van der Waals surface area (Å²) >= 11 is 0. The highest BCUT2D eigenvalue weighted by molar-refractivity contribution is 5.78. The lowest BCUT2D eigenvalue weighted by Crippen LogP contribution is -2.45. The van der Waals surface area contributed by atoms with Crippen molar-refractivity contribution in [3.8, 4) is 0 Å². The smallest absolute Gasteiger partial charge is 0.223 e. The number of aliphatic hydroxyl groups is 1. The van der Waals surface area contributed by atoms with E-state index in [0.29, 0.717) is 19.8 Å². The standard InChI is InChI=1S/C10H20N2O3/c1-7(13)9(11)6-12-10(14)8-2-4-15-5-3-8/h7-9,13H,2-6,11H2,1H3,(H,12,14). The predicted octanol–water partition coefficient (Wildman–Crippen LogP) is -0.763. The second-order valence-corrected chi connectivity index (χ2v) is 4.04. The number of rotatable bonds is 4. The van der Waals surface area contributed by atoms with Crippen molar-refractivity contribution in [1.29, 1.82) is 0 Å². The first kappa shape index (κ1) is 12.4. The average molecular weight is 216 g/mol. The third-order valence-electron chi connectivity index (χ3n) is 2.72. The Hall–Kier alpha value is -0.650. The first-order valence-electron chi connectivity index (χ1n) is 5.40. The van der Waals surface area contributed by atoms with Crippen LogP contribution in [-0.2, 0) is 9.53 Å². The lowest BCUT2D eigenvalue weighted by molar-refractivity contribution is -0.127. The molecule has 2 unspecified atom stereocenters. The van der Waals surface area contributed by atoms with Crippen LogP contribution in [0.25, 0.3) is 0 Å². The van der Waals surface area contributed by atoms with Crippen LogP contribution in [0.15, 0.2) is 0 Å². The highest BCUT2D eigenvalue weighted by Gasteiger charge is 2.22. The van der Waals surface area contributed by atoms with E-state index in [4.69, 9.17) is 15.6 Å². The molecule has 0 aromatic carbocycles. The molecular weight excluding hydrogens is 196 g/mol. The highest BCUT2D eigenvalue weighted by atomic mass is 16.5. The van der Waals surface area contributed by atoms with Gasteiger partial charge in [0.25, 0.3) is 0 Å². The molecular formula is C10H20N2O3. The van der Waals surface area contributed by atoms with E-state index in [0.717, 1.165) is 12.8 Å². The van der Waals surface area contributed by atoms with Crippen molar-refractivity contribution in [1.82, 2.24) is 5.32 Å². The summed E-state index contributed by atoms with van der Waals surface area (Å²) in [7, 11) is 0. The molecule has 1 fully saturated rings. The van der Waals surface area contributed by atoms with Crippen LogP contribution in [0.1, 0.15) is 19.8 Å². The van der Waals surface area contributed by atoms with Crippen LogP contribution in [0.5, 0.6) is 0 Å². The predicted molar refractivity (Wildman–Crippen MR) is 56.2 cm³/mol. The molecule has 1 amide bonds. The molecule has 1 heterocycles. The van der Waals surface area contributed by atoms with E-state index in [1.807, 2.05) is 0 Å². The van der Waals surface area contributed by atoms with Gasteiger partial charge < -0.3 is 20.9 Å². The van der Waals surface area contributed by atoms with Crippen LogP contribution in [0.3, 0.4) is 0 Å². The van der Waals surface area contributed by atoms with Crippen molar-refractivity contribution in [2.24, 2.45) is 11.7 Å². The summed E-state index contributed by atoms with van der Waals surface area (Å²) < 4.78 is 5.17. The first-order chi connectivity index (χ1) is 7.11. The van der Waals surface area contributed by atoms with Crippen molar-refractivity contribution >= 4 is 5.91 Å². The Morgan fingerprint density at radius 1 is 1.60 bits per heavy atom. The van der Waals surface area contributed by atoms with Gasteiger partial charge in [-0.05, 0) is 19.8 Å². The van der Waals surface area contributed by atoms with Crippen molar-refractivity contribution in [2.75, 3.05) is 19.8 Å². The van der Waals surface area contributed by atoms with Gasteiger partial charge in [0.1, 0.15) is 0 Å². The third kappa shape index (κ3) is 4.15. The number of hydrogen-bond donors (Lipinski definition) is 3. The number of hydrogen-bond acceptors (Lipinski definition) is 4. The van der Waals surface area contributed by atoms with Crippen LogP contribution in [0.2, 0.25) is 0 Å². The maximum atomic E-state index is 11.6.